The van der Waals surface area contributed by atoms with E-state index in [1.54, 1.807) is 6.07 Å². The van der Waals surface area contributed by atoms with Crippen LogP contribution < -0.4 is 5.73 Å². The lowest BCUT2D eigenvalue weighted by atomic mass is 10.1. The number of nitrogens with zero attached hydrogens (tertiary/aromatic N) is 2. The van der Waals surface area contributed by atoms with Crippen LogP contribution in [0, 0.1) is 5.82 Å². The van der Waals surface area contributed by atoms with Crippen LogP contribution in [0.15, 0.2) is 22.7 Å². The van der Waals surface area contributed by atoms with E-state index in [2.05, 4.69) is 25.9 Å². The van der Waals surface area contributed by atoms with Gasteiger partial charge >= 0.3 is 0 Å². The molecule has 2 N–H and O–H groups in total. The van der Waals surface area contributed by atoms with E-state index in [0.717, 1.165) is 41.4 Å². The fourth-order valence-electron chi connectivity index (χ4n) is 2.59. The molecule has 0 spiro atoms. The number of hydrogen-bond acceptors (Lipinski definition) is 3. The summed E-state index contributed by atoms with van der Waals surface area (Å²) in [5.74, 6) is 0.720. The molecular formula is C15H15BrFN3. The third-order valence-electron chi connectivity index (χ3n) is 3.63. The molecule has 1 aromatic carbocycles. The number of rotatable bonds is 1. The molecule has 1 heterocycles. The number of nitrogens with two attached hydrogens (primary N) is 1. The molecule has 0 amide bonds. The molecule has 104 valence electrons. The molecule has 1 aliphatic carbocycles. The van der Waals surface area contributed by atoms with Gasteiger partial charge in [-0.05, 0) is 43.9 Å². The Morgan fingerprint density at radius 1 is 1.10 bits per heavy atom. The number of aromatic nitrogens is 2. The van der Waals surface area contributed by atoms with Crippen molar-refractivity contribution < 1.29 is 4.39 Å². The zero-order chi connectivity index (χ0) is 14.1. The molecule has 0 fully saturated rings. The molecule has 0 saturated heterocycles. The first kappa shape index (κ1) is 13.5. The van der Waals surface area contributed by atoms with Gasteiger partial charge in [0.15, 0.2) is 5.82 Å². The van der Waals surface area contributed by atoms with Crippen LogP contribution in [0.25, 0.3) is 11.4 Å². The molecule has 0 radical (unpaired) electrons. The van der Waals surface area contributed by atoms with Crippen molar-refractivity contribution in [2.45, 2.75) is 32.1 Å². The molecular weight excluding hydrogens is 321 g/mol. The topological polar surface area (TPSA) is 51.8 Å². The fourth-order valence-corrected chi connectivity index (χ4v) is 3.01. The van der Waals surface area contributed by atoms with Crippen molar-refractivity contribution in [3.8, 4) is 11.4 Å². The lowest BCUT2D eigenvalue weighted by molar-refractivity contribution is 0.628. The van der Waals surface area contributed by atoms with E-state index >= 15 is 0 Å². The first-order valence-electron chi connectivity index (χ1n) is 6.76. The lowest BCUT2D eigenvalue weighted by Gasteiger charge is -2.11. The quantitative estimate of drug-likeness (QED) is 0.804. The number of aryl methyl sites for hydroxylation is 1. The normalized spacial score (nSPS) is 14.7. The number of hydrogen-bond donors (Lipinski definition) is 1. The maximum Gasteiger partial charge on any atom is 0.163 e. The maximum atomic E-state index is 13.4. The van der Waals surface area contributed by atoms with E-state index in [0.29, 0.717) is 17.2 Å². The van der Waals surface area contributed by atoms with Gasteiger partial charge < -0.3 is 5.73 Å². The van der Waals surface area contributed by atoms with Gasteiger partial charge in [-0.2, -0.15) is 0 Å². The van der Waals surface area contributed by atoms with Crippen LogP contribution >= 0.6 is 15.9 Å². The molecule has 0 saturated carbocycles. The predicted octanol–water partition coefficient (Wildman–Crippen LogP) is 3.90. The maximum absolute atomic E-state index is 13.4. The Kier molecular flexibility index (Phi) is 3.70. The fraction of sp³-hybridized carbons (Fsp3) is 0.333. The SMILES string of the molecule is Nc1nc(-c2cc(F)ccc2Br)nc2c1CCCCC2. The molecule has 2 aromatic rings. The van der Waals surface area contributed by atoms with Gasteiger partial charge in [-0.3, -0.25) is 0 Å². The number of anilines is 1. The number of fused-ring (bicyclic) bond motifs is 1. The highest BCUT2D eigenvalue weighted by Gasteiger charge is 2.17. The second kappa shape index (κ2) is 5.48. The standard InChI is InChI=1S/C15H15BrFN3/c16-12-7-6-9(17)8-11(12)15-19-13-5-3-1-2-4-10(13)14(18)20-15/h6-8H,1-5H2,(H2,18,19,20). The summed E-state index contributed by atoms with van der Waals surface area (Å²) in [5, 5.41) is 0. The molecule has 0 unspecified atom stereocenters. The Morgan fingerprint density at radius 2 is 1.90 bits per heavy atom. The molecule has 1 aromatic heterocycles. The van der Waals surface area contributed by atoms with Crippen LogP contribution in [0.1, 0.15) is 30.5 Å². The minimum absolute atomic E-state index is 0.305. The summed E-state index contributed by atoms with van der Waals surface area (Å²) in [6.45, 7) is 0. The molecule has 3 nitrogen and oxygen atoms in total. The van der Waals surface area contributed by atoms with Gasteiger partial charge in [-0.25, -0.2) is 14.4 Å². The van der Waals surface area contributed by atoms with Crippen molar-refractivity contribution in [2.24, 2.45) is 0 Å². The zero-order valence-electron chi connectivity index (χ0n) is 11.0. The van der Waals surface area contributed by atoms with Crippen LogP contribution in [0.2, 0.25) is 0 Å². The van der Waals surface area contributed by atoms with E-state index in [9.17, 15) is 4.39 Å². The van der Waals surface area contributed by atoms with E-state index in [4.69, 9.17) is 5.73 Å². The highest BCUT2D eigenvalue weighted by molar-refractivity contribution is 9.10. The zero-order valence-corrected chi connectivity index (χ0v) is 12.6. The Balaban J connectivity index is 2.13. The molecule has 1 aliphatic rings. The summed E-state index contributed by atoms with van der Waals surface area (Å²) >= 11 is 3.42. The van der Waals surface area contributed by atoms with Gasteiger partial charge in [0.05, 0.1) is 0 Å². The first-order valence-corrected chi connectivity index (χ1v) is 7.55. The Labute approximate surface area is 125 Å². The predicted molar refractivity (Wildman–Crippen MR) is 80.8 cm³/mol. The van der Waals surface area contributed by atoms with Crippen LogP contribution in [0.3, 0.4) is 0 Å². The molecule has 0 aliphatic heterocycles. The smallest absolute Gasteiger partial charge is 0.163 e. The van der Waals surface area contributed by atoms with Crippen LogP contribution in [0.5, 0.6) is 0 Å². The second-order valence-corrected chi connectivity index (χ2v) is 5.90. The molecule has 5 heteroatoms. The number of halogens is 2. The van der Waals surface area contributed by atoms with Gasteiger partial charge in [-0.15, -0.1) is 0 Å². The van der Waals surface area contributed by atoms with Gasteiger partial charge in [0.1, 0.15) is 11.6 Å². The highest BCUT2D eigenvalue weighted by Crippen LogP contribution is 2.30. The lowest BCUT2D eigenvalue weighted by Crippen LogP contribution is -2.06. The summed E-state index contributed by atoms with van der Waals surface area (Å²) in [4.78, 5) is 8.99. The first-order chi connectivity index (χ1) is 9.65. The molecule has 0 bridgehead atoms. The average molecular weight is 336 g/mol. The molecule has 0 atom stereocenters. The van der Waals surface area contributed by atoms with E-state index in [-0.39, 0.29) is 5.82 Å². The van der Waals surface area contributed by atoms with Crippen molar-refractivity contribution in [3.05, 3.63) is 39.7 Å². The average Bonchev–Trinajstić information content (AvgIpc) is 2.67. The van der Waals surface area contributed by atoms with Crippen molar-refractivity contribution in [1.82, 2.24) is 9.97 Å². The summed E-state index contributed by atoms with van der Waals surface area (Å²) in [5.41, 5.74) is 8.80. The molecule has 20 heavy (non-hydrogen) atoms. The third-order valence-corrected chi connectivity index (χ3v) is 4.33. The Bertz CT molecular complexity index is 658. The van der Waals surface area contributed by atoms with Crippen molar-refractivity contribution in [3.63, 3.8) is 0 Å². The van der Waals surface area contributed by atoms with E-state index in [1.807, 2.05) is 0 Å². The summed E-state index contributed by atoms with van der Waals surface area (Å²) < 4.78 is 14.2. The summed E-state index contributed by atoms with van der Waals surface area (Å²) in [6, 6.07) is 4.50. The van der Waals surface area contributed by atoms with Gasteiger partial charge in [0.2, 0.25) is 0 Å². The highest BCUT2D eigenvalue weighted by atomic mass is 79.9. The van der Waals surface area contributed by atoms with Crippen LogP contribution in [-0.4, -0.2) is 9.97 Å². The van der Waals surface area contributed by atoms with E-state index in [1.165, 1.54) is 18.6 Å². The van der Waals surface area contributed by atoms with Crippen LogP contribution in [-0.2, 0) is 12.8 Å². The van der Waals surface area contributed by atoms with Crippen molar-refractivity contribution >= 4 is 21.7 Å². The Morgan fingerprint density at radius 3 is 2.75 bits per heavy atom. The van der Waals surface area contributed by atoms with Crippen molar-refractivity contribution in [2.75, 3.05) is 5.73 Å². The van der Waals surface area contributed by atoms with Gasteiger partial charge in [-0.1, -0.05) is 22.4 Å². The molecule has 3 rings (SSSR count). The van der Waals surface area contributed by atoms with Crippen molar-refractivity contribution in [1.29, 1.82) is 0 Å². The number of nitrogen functional groups attached to an aromatic ring is 1. The van der Waals surface area contributed by atoms with E-state index < -0.39 is 0 Å². The van der Waals surface area contributed by atoms with Gasteiger partial charge in [0, 0.05) is 21.3 Å². The number of benzene rings is 1. The largest absolute Gasteiger partial charge is 0.383 e. The third kappa shape index (κ3) is 2.54. The minimum Gasteiger partial charge on any atom is -0.383 e. The monoisotopic (exact) mass is 335 g/mol. The Hall–Kier alpha value is -1.49. The summed E-state index contributed by atoms with van der Waals surface area (Å²) in [6.07, 6.45) is 5.29. The van der Waals surface area contributed by atoms with Gasteiger partial charge in [0.25, 0.3) is 0 Å². The summed E-state index contributed by atoms with van der Waals surface area (Å²) in [7, 11) is 0. The second-order valence-electron chi connectivity index (χ2n) is 5.04. The van der Waals surface area contributed by atoms with Crippen LogP contribution in [0.4, 0.5) is 10.2 Å². The minimum atomic E-state index is -0.305.